The van der Waals surface area contributed by atoms with E-state index in [0.717, 1.165) is 5.92 Å². The van der Waals surface area contributed by atoms with E-state index in [2.05, 4.69) is 52.9 Å². The molecule has 1 nitrogen and oxygen atoms in total. The van der Waals surface area contributed by atoms with Crippen molar-refractivity contribution in [3.63, 3.8) is 0 Å². The van der Waals surface area contributed by atoms with E-state index in [-0.39, 0.29) is 0 Å². The van der Waals surface area contributed by atoms with Gasteiger partial charge in [-0.15, -0.1) is 11.3 Å². The number of thiophene rings is 1. The molecule has 1 aromatic rings. The van der Waals surface area contributed by atoms with Gasteiger partial charge in [0.25, 0.3) is 0 Å². The molecule has 0 saturated heterocycles. The van der Waals surface area contributed by atoms with Crippen LogP contribution in [0, 0.1) is 19.8 Å². The average molecular weight is 267 g/mol. The molecule has 0 saturated carbocycles. The van der Waals surface area contributed by atoms with Crippen LogP contribution in [0.4, 0.5) is 0 Å². The van der Waals surface area contributed by atoms with Crippen molar-refractivity contribution in [3.8, 4) is 0 Å². The fraction of sp³-hybridized carbons (Fsp3) is 0.750. The lowest BCUT2D eigenvalue weighted by atomic mass is 9.96. The minimum absolute atomic E-state index is 0.476. The van der Waals surface area contributed by atoms with Crippen LogP contribution in [0.15, 0.2) is 6.07 Å². The lowest BCUT2D eigenvalue weighted by molar-refractivity contribution is 0.359. The van der Waals surface area contributed by atoms with Crippen molar-refractivity contribution in [2.24, 2.45) is 5.92 Å². The van der Waals surface area contributed by atoms with Crippen molar-refractivity contribution in [1.29, 1.82) is 0 Å². The van der Waals surface area contributed by atoms with Crippen LogP contribution in [0.2, 0.25) is 0 Å². The molecular formula is C16H29NS. The predicted molar refractivity (Wildman–Crippen MR) is 83.5 cm³/mol. The first kappa shape index (κ1) is 15.7. The zero-order valence-electron chi connectivity index (χ0n) is 12.8. The Balaban J connectivity index is 2.61. The van der Waals surface area contributed by atoms with E-state index >= 15 is 0 Å². The van der Waals surface area contributed by atoms with Gasteiger partial charge in [0.05, 0.1) is 0 Å². The minimum atomic E-state index is 0.476. The molecule has 0 radical (unpaired) electrons. The van der Waals surface area contributed by atoms with Crippen molar-refractivity contribution in [1.82, 2.24) is 5.32 Å². The molecule has 0 aliphatic heterocycles. The summed E-state index contributed by atoms with van der Waals surface area (Å²) < 4.78 is 0. The lowest BCUT2D eigenvalue weighted by Gasteiger charge is -2.24. The molecule has 104 valence electrons. The Bertz CT molecular complexity index is 356. The smallest absolute Gasteiger partial charge is 0.0305 e. The van der Waals surface area contributed by atoms with Crippen LogP contribution < -0.4 is 5.32 Å². The van der Waals surface area contributed by atoms with Crippen LogP contribution >= 0.6 is 11.3 Å². The molecule has 1 rings (SSSR count). The van der Waals surface area contributed by atoms with Crippen LogP contribution in [0.1, 0.15) is 68.3 Å². The van der Waals surface area contributed by atoms with E-state index in [4.69, 9.17) is 0 Å². The third-order valence-electron chi connectivity index (χ3n) is 3.91. The summed E-state index contributed by atoms with van der Waals surface area (Å²) >= 11 is 1.91. The average Bonchev–Trinajstić information content (AvgIpc) is 2.67. The fourth-order valence-electron chi connectivity index (χ4n) is 2.53. The molecule has 1 aromatic heterocycles. The standard InChI is InChI=1S/C16H29NS/c1-7-11(3)9-15(8-2)17-13(5)16-10-12(4)18-14(16)6/h10-11,13,15,17H,7-9H2,1-6H3. The van der Waals surface area contributed by atoms with Gasteiger partial charge in [0.1, 0.15) is 0 Å². The van der Waals surface area contributed by atoms with Gasteiger partial charge < -0.3 is 5.32 Å². The highest BCUT2D eigenvalue weighted by molar-refractivity contribution is 7.12. The molecule has 1 heterocycles. The highest BCUT2D eigenvalue weighted by Crippen LogP contribution is 2.27. The van der Waals surface area contributed by atoms with Gasteiger partial charge in [-0.1, -0.05) is 27.2 Å². The van der Waals surface area contributed by atoms with E-state index < -0.39 is 0 Å². The second-order valence-corrected chi connectivity index (χ2v) is 7.07. The Morgan fingerprint density at radius 1 is 1.17 bits per heavy atom. The van der Waals surface area contributed by atoms with Crippen LogP contribution in [0.3, 0.4) is 0 Å². The topological polar surface area (TPSA) is 12.0 Å². The van der Waals surface area contributed by atoms with E-state index in [1.807, 2.05) is 11.3 Å². The van der Waals surface area contributed by atoms with Crippen molar-refractivity contribution >= 4 is 11.3 Å². The predicted octanol–water partition coefficient (Wildman–Crippen LogP) is 5.23. The summed E-state index contributed by atoms with van der Waals surface area (Å²) in [7, 11) is 0. The Labute approximate surface area is 117 Å². The van der Waals surface area contributed by atoms with Crippen molar-refractivity contribution in [3.05, 3.63) is 21.4 Å². The van der Waals surface area contributed by atoms with E-state index in [9.17, 15) is 0 Å². The molecule has 0 spiro atoms. The summed E-state index contributed by atoms with van der Waals surface area (Å²) in [6, 6.07) is 3.46. The largest absolute Gasteiger partial charge is 0.307 e. The molecule has 0 amide bonds. The highest BCUT2D eigenvalue weighted by Gasteiger charge is 2.16. The molecule has 18 heavy (non-hydrogen) atoms. The molecule has 0 aliphatic carbocycles. The molecule has 1 N–H and O–H groups in total. The summed E-state index contributed by atoms with van der Waals surface area (Å²) in [5, 5.41) is 3.81. The number of aryl methyl sites for hydroxylation is 2. The summed E-state index contributed by atoms with van der Waals surface area (Å²) in [5.41, 5.74) is 1.49. The minimum Gasteiger partial charge on any atom is -0.307 e. The van der Waals surface area contributed by atoms with Crippen LogP contribution in [0.25, 0.3) is 0 Å². The van der Waals surface area contributed by atoms with Crippen molar-refractivity contribution < 1.29 is 0 Å². The molecule has 3 unspecified atom stereocenters. The van der Waals surface area contributed by atoms with Gasteiger partial charge in [-0.05, 0) is 51.2 Å². The van der Waals surface area contributed by atoms with E-state index in [1.54, 1.807) is 0 Å². The van der Waals surface area contributed by atoms with Gasteiger partial charge in [-0.25, -0.2) is 0 Å². The van der Waals surface area contributed by atoms with Crippen molar-refractivity contribution in [2.75, 3.05) is 0 Å². The van der Waals surface area contributed by atoms with Gasteiger partial charge in [-0.3, -0.25) is 0 Å². The highest BCUT2D eigenvalue weighted by atomic mass is 32.1. The quantitative estimate of drug-likeness (QED) is 0.713. The number of hydrogen-bond acceptors (Lipinski definition) is 2. The van der Waals surface area contributed by atoms with Crippen LogP contribution in [0.5, 0.6) is 0 Å². The molecule has 3 atom stereocenters. The number of nitrogens with one attached hydrogen (secondary N) is 1. The summed E-state index contributed by atoms with van der Waals surface area (Å²) in [6.45, 7) is 13.7. The molecule has 0 fully saturated rings. The van der Waals surface area contributed by atoms with E-state index in [1.165, 1.54) is 34.6 Å². The van der Waals surface area contributed by atoms with Crippen molar-refractivity contribution in [2.45, 2.75) is 72.9 Å². The van der Waals surface area contributed by atoms with Gasteiger partial charge in [-0.2, -0.15) is 0 Å². The maximum absolute atomic E-state index is 3.81. The summed E-state index contributed by atoms with van der Waals surface area (Å²) in [6.07, 6.45) is 3.79. The molecule has 0 aliphatic rings. The second-order valence-electron chi connectivity index (χ2n) is 5.61. The zero-order valence-corrected chi connectivity index (χ0v) is 13.7. The third-order valence-corrected chi connectivity index (χ3v) is 4.89. The number of rotatable bonds is 7. The van der Waals surface area contributed by atoms with Gasteiger partial charge >= 0.3 is 0 Å². The van der Waals surface area contributed by atoms with Gasteiger partial charge in [0.2, 0.25) is 0 Å². The van der Waals surface area contributed by atoms with Crippen LogP contribution in [-0.4, -0.2) is 6.04 Å². The fourth-order valence-corrected chi connectivity index (χ4v) is 3.55. The molecule has 0 aromatic carbocycles. The molecule has 2 heteroatoms. The Morgan fingerprint density at radius 3 is 2.28 bits per heavy atom. The van der Waals surface area contributed by atoms with Gasteiger partial charge in [0, 0.05) is 21.8 Å². The normalized spacial score (nSPS) is 16.6. The second kappa shape index (κ2) is 7.30. The first-order chi connectivity index (χ1) is 8.47. The van der Waals surface area contributed by atoms with Crippen LogP contribution in [-0.2, 0) is 0 Å². The first-order valence-electron chi connectivity index (χ1n) is 7.30. The molecular weight excluding hydrogens is 238 g/mol. The van der Waals surface area contributed by atoms with E-state index in [0.29, 0.717) is 12.1 Å². The lowest BCUT2D eigenvalue weighted by Crippen LogP contribution is -2.32. The third kappa shape index (κ3) is 4.40. The Kier molecular flexibility index (Phi) is 6.37. The summed E-state index contributed by atoms with van der Waals surface area (Å²) in [4.78, 5) is 2.89. The molecule has 0 bridgehead atoms. The Hall–Kier alpha value is -0.340. The number of hydrogen-bond donors (Lipinski definition) is 1. The first-order valence-corrected chi connectivity index (χ1v) is 8.12. The Morgan fingerprint density at radius 2 is 1.83 bits per heavy atom. The monoisotopic (exact) mass is 267 g/mol. The van der Waals surface area contributed by atoms with Gasteiger partial charge in [0.15, 0.2) is 0 Å². The SMILES string of the molecule is CCC(C)CC(CC)NC(C)c1cc(C)sc1C. The zero-order chi connectivity index (χ0) is 13.7. The maximum Gasteiger partial charge on any atom is 0.0305 e. The maximum atomic E-state index is 3.81. The summed E-state index contributed by atoms with van der Waals surface area (Å²) in [5.74, 6) is 0.819.